The van der Waals surface area contributed by atoms with Crippen molar-refractivity contribution in [3.05, 3.63) is 24.1 Å². The minimum atomic E-state index is 0.509. The highest BCUT2D eigenvalue weighted by molar-refractivity contribution is 5.59. The van der Waals surface area contributed by atoms with Gasteiger partial charge in [-0.3, -0.25) is 0 Å². The second-order valence-electron chi connectivity index (χ2n) is 5.01. The van der Waals surface area contributed by atoms with E-state index < -0.39 is 0 Å². The fourth-order valence-corrected chi connectivity index (χ4v) is 2.14. The first-order chi connectivity index (χ1) is 9.88. The number of rotatable bonds is 4. The number of benzene rings is 1. The Bertz CT molecular complexity index is 622. The van der Waals surface area contributed by atoms with Crippen molar-refractivity contribution in [2.45, 2.75) is 25.4 Å². The van der Waals surface area contributed by atoms with Crippen molar-refractivity contribution in [1.29, 1.82) is 0 Å². The molecule has 6 nitrogen and oxygen atoms in total. The molecule has 1 aliphatic carbocycles. The molecule has 1 N–H and O–H groups in total. The molecular weight excluding hydrogens is 258 g/mol. The molecule has 0 unspecified atom stereocenters. The lowest BCUT2D eigenvalue weighted by Gasteiger charge is -2.18. The molecule has 2 heterocycles. The number of aromatic nitrogens is 2. The van der Waals surface area contributed by atoms with Crippen LogP contribution in [0.4, 0.5) is 0 Å². The SMILES string of the molecule is c1cc2c(cc1-c1nnc(CNC3CC3)o1)OCCO2. The number of fused-ring (bicyclic) bond motifs is 1. The topological polar surface area (TPSA) is 69.4 Å². The Morgan fingerprint density at radius 3 is 2.80 bits per heavy atom. The number of hydrogen-bond acceptors (Lipinski definition) is 6. The summed E-state index contributed by atoms with van der Waals surface area (Å²) in [6, 6.07) is 6.27. The maximum Gasteiger partial charge on any atom is 0.247 e. The van der Waals surface area contributed by atoms with Crippen LogP contribution in [0, 0.1) is 0 Å². The first kappa shape index (κ1) is 11.7. The summed E-state index contributed by atoms with van der Waals surface area (Å²) in [5.41, 5.74) is 0.847. The summed E-state index contributed by atoms with van der Waals surface area (Å²) >= 11 is 0. The summed E-state index contributed by atoms with van der Waals surface area (Å²) in [5.74, 6) is 2.61. The molecule has 104 valence electrons. The van der Waals surface area contributed by atoms with E-state index in [2.05, 4.69) is 15.5 Å². The molecule has 6 heteroatoms. The van der Waals surface area contributed by atoms with E-state index in [9.17, 15) is 0 Å². The summed E-state index contributed by atoms with van der Waals surface area (Å²) < 4.78 is 16.7. The van der Waals surface area contributed by atoms with Gasteiger partial charge >= 0.3 is 0 Å². The van der Waals surface area contributed by atoms with Crippen molar-refractivity contribution in [3.8, 4) is 23.0 Å². The first-order valence-corrected chi connectivity index (χ1v) is 6.84. The van der Waals surface area contributed by atoms with E-state index in [1.165, 1.54) is 12.8 Å². The van der Waals surface area contributed by atoms with E-state index in [1.54, 1.807) is 0 Å². The van der Waals surface area contributed by atoms with Gasteiger partial charge in [0.15, 0.2) is 11.5 Å². The van der Waals surface area contributed by atoms with Crippen molar-refractivity contribution >= 4 is 0 Å². The van der Waals surface area contributed by atoms with Crippen molar-refractivity contribution in [2.24, 2.45) is 0 Å². The molecule has 0 saturated heterocycles. The van der Waals surface area contributed by atoms with Gasteiger partial charge in [0.1, 0.15) is 13.2 Å². The molecule has 0 atom stereocenters. The molecule has 0 radical (unpaired) electrons. The lowest BCUT2D eigenvalue weighted by molar-refractivity contribution is 0.171. The third kappa shape index (κ3) is 2.34. The maximum absolute atomic E-state index is 5.66. The quantitative estimate of drug-likeness (QED) is 0.915. The maximum atomic E-state index is 5.66. The monoisotopic (exact) mass is 273 g/mol. The zero-order chi connectivity index (χ0) is 13.4. The Labute approximate surface area is 116 Å². The van der Waals surface area contributed by atoms with Gasteiger partial charge in [-0.05, 0) is 31.0 Å². The Hall–Kier alpha value is -2.08. The van der Waals surface area contributed by atoms with Crippen LogP contribution in [0.2, 0.25) is 0 Å². The third-order valence-electron chi connectivity index (χ3n) is 3.38. The van der Waals surface area contributed by atoms with Gasteiger partial charge in [0.25, 0.3) is 0 Å². The fourth-order valence-electron chi connectivity index (χ4n) is 2.14. The van der Waals surface area contributed by atoms with Gasteiger partial charge < -0.3 is 19.2 Å². The predicted octanol–water partition coefficient (Wildman–Crippen LogP) is 1.76. The highest BCUT2D eigenvalue weighted by Gasteiger charge is 2.21. The lowest BCUT2D eigenvalue weighted by Crippen LogP contribution is -2.15. The van der Waals surface area contributed by atoms with Gasteiger partial charge in [-0.2, -0.15) is 0 Å². The van der Waals surface area contributed by atoms with E-state index in [4.69, 9.17) is 13.9 Å². The summed E-state index contributed by atoms with van der Waals surface area (Å²) in [7, 11) is 0. The molecule has 4 rings (SSSR count). The molecule has 2 aliphatic rings. The standard InChI is InChI=1S/C14H15N3O3/c1-4-11-12(19-6-5-18-11)7-9(1)14-17-16-13(20-14)8-15-10-2-3-10/h1,4,7,10,15H,2-3,5-6,8H2. The fraction of sp³-hybridized carbons (Fsp3) is 0.429. The Kier molecular flexibility index (Phi) is 2.81. The molecule has 1 aromatic carbocycles. The zero-order valence-corrected chi connectivity index (χ0v) is 11.0. The average Bonchev–Trinajstić information content (AvgIpc) is 3.21. The van der Waals surface area contributed by atoms with Crippen LogP contribution in [0.5, 0.6) is 11.5 Å². The minimum Gasteiger partial charge on any atom is -0.486 e. The molecule has 0 amide bonds. The van der Waals surface area contributed by atoms with E-state index in [0.717, 1.165) is 17.1 Å². The second-order valence-corrected chi connectivity index (χ2v) is 5.01. The van der Waals surface area contributed by atoms with E-state index in [-0.39, 0.29) is 0 Å². The lowest BCUT2D eigenvalue weighted by atomic mass is 10.2. The summed E-state index contributed by atoms with van der Waals surface area (Å²) in [6.45, 7) is 1.78. The van der Waals surface area contributed by atoms with Crippen LogP contribution in [-0.2, 0) is 6.54 Å². The minimum absolute atomic E-state index is 0.509. The van der Waals surface area contributed by atoms with Crippen molar-refractivity contribution in [2.75, 3.05) is 13.2 Å². The molecule has 1 saturated carbocycles. The van der Waals surface area contributed by atoms with Crippen LogP contribution < -0.4 is 14.8 Å². The van der Waals surface area contributed by atoms with Crippen LogP contribution in [0.25, 0.3) is 11.5 Å². The number of ether oxygens (including phenoxy) is 2. The van der Waals surface area contributed by atoms with Gasteiger partial charge in [-0.25, -0.2) is 0 Å². The second kappa shape index (κ2) is 4.79. The molecular formula is C14H15N3O3. The van der Waals surface area contributed by atoms with Crippen molar-refractivity contribution < 1.29 is 13.9 Å². The summed E-state index contributed by atoms with van der Waals surface area (Å²) in [6.07, 6.45) is 2.48. The Morgan fingerprint density at radius 1 is 1.10 bits per heavy atom. The molecule has 0 spiro atoms. The Balaban J connectivity index is 1.53. The van der Waals surface area contributed by atoms with Crippen molar-refractivity contribution in [1.82, 2.24) is 15.5 Å². The van der Waals surface area contributed by atoms with E-state index in [1.807, 2.05) is 18.2 Å². The highest BCUT2D eigenvalue weighted by Crippen LogP contribution is 2.34. The first-order valence-electron chi connectivity index (χ1n) is 6.84. The normalized spacial score (nSPS) is 17.2. The van der Waals surface area contributed by atoms with E-state index in [0.29, 0.717) is 37.6 Å². The summed E-state index contributed by atoms with van der Waals surface area (Å²) in [4.78, 5) is 0. The van der Waals surface area contributed by atoms with Gasteiger partial charge in [-0.1, -0.05) is 0 Å². The number of hydrogen-bond donors (Lipinski definition) is 1. The third-order valence-corrected chi connectivity index (χ3v) is 3.38. The van der Waals surface area contributed by atoms with Crippen LogP contribution in [-0.4, -0.2) is 29.5 Å². The number of nitrogens with zero attached hydrogens (tertiary/aromatic N) is 2. The zero-order valence-electron chi connectivity index (χ0n) is 11.0. The van der Waals surface area contributed by atoms with Crippen LogP contribution >= 0.6 is 0 Å². The van der Waals surface area contributed by atoms with Crippen LogP contribution in [0.3, 0.4) is 0 Å². The highest BCUT2D eigenvalue weighted by atomic mass is 16.6. The van der Waals surface area contributed by atoms with Crippen molar-refractivity contribution in [3.63, 3.8) is 0 Å². The molecule has 1 aliphatic heterocycles. The Morgan fingerprint density at radius 2 is 1.95 bits per heavy atom. The molecule has 1 aromatic heterocycles. The molecule has 20 heavy (non-hydrogen) atoms. The summed E-state index contributed by atoms with van der Waals surface area (Å²) in [5, 5.41) is 11.5. The molecule has 2 aromatic rings. The largest absolute Gasteiger partial charge is 0.486 e. The average molecular weight is 273 g/mol. The molecule has 0 bridgehead atoms. The predicted molar refractivity (Wildman–Crippen MR) is 70.6 cm³/mol. The smallest absolute Gasteiger partial charge is 0.247 e. The van der Waals surface area contributed by atoms with Gasteiger partial charge in [0.05, 0.1) is 6.54 Å². The van der Waals surface area contributed by atoms with Crippen LogP contribution in [0.1, 0.15) is 18.7 Å². The van der Waals surface area contributed by atoms with Gasteiger partial charge in [-0.15, -0.1) is 10.2 Å². The van der Waals surface area contributed by atoms with Gasteiger partial charge in [0.2, 0.25) is 11.8 Å². The van der Waals surface area contributed by atoms with E-state index >= 15 is 0 Å². The number of nitrogens with one attached hydrogen (secondary N) is 1. The van der Waals surface area contributed by atoms with Crippen LogP contribution in [0.15, 0.2) is 22.6 Å². The molecule has 1 fully saturated rings. The van der Waals surface area contributed by atoms with Gasteiger partial charge in [0, 0.05) is 11.6 Å².